The van der Waals surface area contributed by atoms with Gasteiger partial charge in [0.1, 0.15) is 0 Å². The van der Waals surface area contributed by atoms with Crippen LogP contribution in [0.3, 0.4) is 0 Å². The number of amides is 1. The zero-order valence-corrected chi connectivity index (χ0v) is 16.3. The fraction of sp³-hybridized carbons (Fsp3) is 0.350. The van der Waals surface area contributed by atoms with E-state index in [0.717, 1.165) is 29.4 Å². The van der Waals surface area contributed by atoms with Gasteiger partial charge in [-0.15, -0.1) is 0 Å². The quantitative estimate of drug-likeness (QED) is 0.772. The number of anilines is 1. The number of nitrogens with one attached hydrogen (secondary N) is 1. The molecule has 2 aromatic carbocycles. The lowest BCUT2D eigenvalue weighted by atomic mass is 10.1. The van der Waals surface area contributed by atoms with E-state index in [0.29, 0.717) is 12.2 Å². The summed E-state index contributed by atoms with van der Waals surface area (Å²) in [5.41, 5.74) is 3.87. The Morgan fingerprint density at radius 1 is 1.08 bits per heavy atom. The summed E-state index contributed by atoms with van der Waals surface area (Å²) in [6.45, 7) is 4.59. The first-order valence-electron chi connectivity index (χ1n) is 8.68. The van der Waals surface area contributed by atoms with E-state index in [1.807, 2.05) is 50.2 Å². The molecule has 0 saturated carbocycles. The van der Waals surface area contributed by atoms with Crippen molar-refractivity contribution in [2.24, 2.45) is 0 Å². The SMILES string of the molecule is CCc1ccc(N(CCC(=O)NCc2cccc(C)c2)S(C)(=O)=O)cc1. The molecule has 0 aromatic heterocycles. The molecule has 140 valence electrons. The van der Waals surface area contributed by atoms with Crippen molar-refractivity contribution in [2.45, 2.75) is 33.2 Å². The molecule has 1 N–H and O–H groups in total. The van der Waals surface area contributed by atoms with Gasteiger partial charge in [0, 0.05) is 19.5 Å². The summed E-state index contributed by atoms with van der Waals surface area (Å²) >= 11 is 0. The zero-order valence-electron chi connectivity index (χ0n) is 15.5. The lowest BCUT2D eigenvalue weighted by Gasteiger charge is -2.22. The molecule has 0 radical (unpaired) electrons. The van der Waals surface area contributed by atoms with Crippen LogP contribution < -0.4 is 9.62 Å². The Morgan fingerprint density at radius 3 is 2.35 bits per heavy atom. The van der Waals surface area contributed by atoms with Gasteiger partial charge in [-0.1, -0.05) is 48.9 Å². The summed E-state index contributed by atoms with van der Waals surface area (Å²) < 4.78 is 25.5. The first kappa shape index (κ1) is 20.0. The van der Waals surface area contributed by atoms with E-state index < -0.39 is 10.0 Å². The van der Waals surface area contributed by atoms with Crippen LogP contribution in [0.25, 0.3) is 0 Å². The van der Waals surface area contributed by atoms with Gasteiger partial charge in [-0.05, 0) is 36.6 Å². The Balaban J connectivity index is 1.97. The van der Waals surface area contributed by atoms with Gasteiger partial charge >= 0.3 is 0 Å². The molecule has 0 aliphatic heterocycles. The average molecular weight is 375 g/mol. The minimum atomic E-state index is -3.45. The third-order valence-electron chi connectivity index (χ3n) is 4.15. The van der Waals surface area contributed by atoms with Crippen molar-refractivity contribution in [3.63, 3.8) is 0 Å². The first-order chi connectivity index (χ1) is 12.3. The fourth-order valence-electron chi connectivity index (χ4n) is 2.70. The lowest BCUT2D eigenvalue weighted by Crippen LogP contribution is -2.34. The third kappa shape index (κ3) is 5.88. The summed E-state index contributed by atoms with van der Waals surface area (Å²) in [7, 11) is -3.45. The predicted molar refractivity (Wildman–Crippen MR) is 106 cm³/mol. The summed E-state index contributed by atoms with van der Waals surface area (Å²) in [4.78, 5) is 12.1. The van der Waals surface area contributed by atoms with Gasteiger partial charge in [-0.2, -0.15) is 0 Å². The molecule has 2 aromatic rings. The van der Waals surface area contributed by atoms with Gasteiger partial charge < -0.3 is 5.32 Å². The van der Waals surface area contributed by atoms with Crippen LogP contribution in [0.15, 0.2) is 48.5 Å². The second kappa shape index (κ2) is 8.85. The van der Waals surface area contributed by atoms with Crippen molar-refractivity contribution in [2.75, 3.05) is 17.1 Å². The van der Waals surface area contributed by atoms with Crippen LogP contribution in [0, 0.1) is 6.92 Å². The molecule has 2 rings (SSSR count). The summed E-state index contributed by atoms with van der Waals surface area (Å²) in [5.74, 6) is -0.176. The Hall–Kier alpha value is -2.34. The number of hydrogen-bond donors (Lipinski definition) is 1. The van der Waals surface area contributed by atoms with Gasteiger partial charge in [0.2, 0.25) is 15.9 Å². The number of nitrogens with zero attached hydrogens (tertiary/aromatic N) is 1. The lowest BCUT2D eigenvalue weighted by molar-refractivity contribution is -0.121. The molecule has 0 heterocycles. The van der Waals surface area contributed by atoms with Crippen LogP contribution in [-0.2, 0) is 27.8 Å². The number of carbonyl (C=O) groups excluding carboxylic acids is 1. The average Bonchev–Trinajstić information content (AvgIpc) is 2.59. The molecule has 0 bridgehead atoms. The Morgan fingerprint density at radius 2 is 1.77 bits per heavy atom. The Kier molecular flexibility index (Phi) is 6.80. The summed E-state index contributed by atoms with van der Waals surface area (Å²) in [6.07, 6.45) is 2.15. The van der Waals surface area contributed by atoms with Crippen molar-refractivity contribution in [1.82, 2.24) is 5.32 Å². The van der Waals surface area contributed by atoms with Crippen LogP contribution in [0.1, 0.15) is 30.0 Å². The second-order valence-electron chi connectivity index (χ2n) is 6.37. The fourth-order valence-corrected chi connectivity index (χ4v) is 3.63. The number of sulfonamides is 1. The van der Waals surface area contributed by atoms with E-state index in [2.05, 4.69) is 5.32 Å². The number of hydrogen-bond acceptors (Lipinski definition) is 3. The van der Waals surface area contributed by atoms with Crippen LogP contribution in [-0.4, -0.2) is 27.1 Å². The highest BCUT2D eigenvalue weighted by molar-refractivity contribution is 7.92. The second-order valence-corrected chi connectivity index (χ2v) is 8.28. The molecule has 6 heteroatoms. The van der Waals surface area contributed by atoms with E-state index in [4.69, 9.17) is 0 Å². The molecule has 0 aliphatic carbocycles. The van der Waals surface area contributed by atoms with E-state index >= 15 is 0 Å². The minimum absolute atomic E-state index is 0.106. The van der Waals surface area contributed by atoms with E-state index in [-0.39, 0.29) is 18.9 Å². The zero-order chi connectivity index (χ0) is 19.2. The standard InChI is InChI=1S/C20H26N2O3S/c1-4-17-8-10-19(11-9-17)22(26(3,24)25)13-12-20(23)21-15-18-7-5-6-16(2)14-18/h5-11,14H,4,12-13,15H2,1-3H3,(H,21,23). The summed E-state index contributed by atoms with van der Waals surface area (Å²) in [6, 6.07) is 15.3. The van der Waals surface area contributed by atoms with Gasteiger partial charge in [0.25, 0.3) is 0 Å². The van der Waals surface area contributed by atoms with Crippen LogP contribution >= 0.6 is 0 Å². The van der Waals surface area contributed by atoms with Crippen molar-refractivity contribution >= 4 is 21.6 Å². The van der Waals surface area contributed by atoms with Gasteiger partial charge in [0.15, 0.2) is 0 Å². The number of rotatable bonds is 8. The predicted octanol–water partition coefficient (Wildman–Crippen LogP) is 3.03. The molecule has 5 nitrogen and oxygen atoms in total. The smallest absolute Gasteiger partial charge is 0.232 e. The highest BCUT2D eigenvalue weighted by Crippen LogP contribution is 2.19. The molecule has 1 amide bonds. The van der Waals surface area contributed by atoms with Gasteiger partial charge in [-0.3, -0.25) is 9.10 Å². The molecule has 0 spiro atoms. The van der Waals surface area contributed by atoms with Crippen molar-refractivity contribution in [1.29, 1.82) is 0 Å². The maximum absolute atomic E-state index is 12.1. The van der Waals surface area contributed by atoms with Crippen LogP contribution in [0.5, 0.6) is 0 Å². The monoisotopic (exact) mass is 374 g/mol. The van der Waals surface area contributed by atoms with Crippen LogP contribution in [0.2, 0.25) is 0 Å². The molecular formula is C20H26N2O3S. The van der Waals surface area contributed by atoms with Crippen molar-refractivity contribution in [3.8, 4) is 0 Å². The number of benzene rings is 2. The minimum Gasteiger partial charge on any atom is -0.352 e. The normalized spacial score (nSPS) is 11.2. The molecule has 0 fully saturated rings. The Labute approximate surface area is 156 Å². The molecule has 0 aliphatic rings. The van der Waals surface area contributed by atoms with Crippen molar-refractivity contribution in [3.05, 3.63) is 65.2 Å². The van der Waals surface area contributed by atoms with E-state index in [1.165, 1.54) is 4.31 Å². The van der Waals surface area contributed by atoms with Gasteiger partial charge in [0.05, 0.1) is 11.9 Å². The molecule has 0 saturated heterocycles. The first-order valence-corrected chi connectivity index (χ1v) is 10.5. The molecule has 0 unspecified atom stereocenters. The topological polar surface area (TPSA) is 66.5 Å². The van der Waals surface area contributed by atoms with Gasteiger partial charge in [-0.25, -0.2) is 8.42 Å². The van der Waals surface area contributed by atoms with E-state index in [9.17, 15) is 13.2 Å². The third-order valence-corrected chi connectivity index (χ3v) is 5.34. The van der Waals surface area contributed by atoms with Crippen molar-refractivity contribution < 1.29 is 13.2 Å². The van der Waals surface area contributed by atoms with Crippen LogP contribution in [0.4, 0.5) is 5.69 Å². The largest absolute Gasteiger partial charge is 0.352 e. The highest BCUT2D eigenvalue weighted by Gasteiger charge is 2.18. The molecular weight excluding hydrogens is 348 g/mol. The number of carbonyl (C=O) groups is 1. The highest BCUT2D eigenvalue weighted by atomic mass is 32.2. The summed E-state index contributed by atoms with van der Waals surface area (Å²) in [5, 5.41) is 2.84. The maximum atomic E-state index is 12.1. The Bertz CT molecular complexity index is 846. The maximum Gasteiger partial charge on any atom is 0.232 e. The molecule has 26 heavy (non-hydrogen) atoms. The molecule has 0 atom stereocenters. The number of aryl methyl sites for hydroxylation is 2. The van der Waals surface area contributed by atoms with E-state index in [1.54, 1.807) is 12.1 Å².